The standard InChI is InChI=1S/C18H15F2N5O2/c1-27-17-12(20)3-2-4-13(17)25-14-7-16(22-9-11(14)18(26)24-25)23-15-6-5-10(19)8-21-15/h2-9,18,24,26H,1H3,(H,21,22,23). The fourth-order valence-electron chi connectivity index (χ4n) is 2.85. The number of aromatic nitrogens is 2. The van der Waals surface area contributed by atoms with Crippen LogP contribution in [0.25, 0.3) is 0 Å². The number of hydrazine groups is 1. The molecule has 3 heterocycles. The third-order valence-electron chi connectivity index (χ3n) is 4.07. The number of methoxy groups -OCH3 is 1. The molecule has 1 aliphatic heterocycles. The Kier molecular flexibility index (Phi) is 4.30. The van der Waals surface area contributed by atoms with Crippen LogP contribution in [0.4, 0.5) is 31.8 Å². The van der Waals surface area contributed by atoms with Gasteiger partial charge in [-0.2, -0.15) is 5.43 Å². The van der Waals surface area contributed by atoms with Gasteiger partial charge in [0.1, 0.15) is 23.1 Å². The first-order valence-electron chi connectivity index (χ1n) is 8.02. The fraction of sp³-hybridized carbons (Fsp3) is 0.111. The Bertz CT molecular complexity index is 984. The molecule has 0 bridgehead atoms. The Hall–Kier alpha value is -3.30. The lowest BCUT2D eigenvalue weighted by Crippen LogP contribution is -2.30. The zero-order chi connectivity index (χ0) is 19.0. The Morgan fingerprint density at radius 3 is 2.67 bits per heavy atom. The van der Waals surface area contributed by atoms with Crippen molar-refractivity contribution in [3.8, 4) is 5.75 Å². The topological polar surface area (TPSA) is 82.5 Å². The molecule has 138 valence electrons. The highest BCUT2D eigenvalue weighted by molar-refractivity contribution is 5.75. The van der Waals surface area contributed by atoms with Gasteiger partial charge in [-0.05, 0) is 24.3 Å². The third kappa shape index (κ3) is 3.14. The highest BCUT2D eigenvalue weighted by Crippen LogP contribution is 2.42. The second-order valence-corrected chi connectivity index (χ2v) is 5.77. The predicted molar refractivity (Wildman–Crippen MR) is 94.9 cm³/mol. The van der Waals surface area contributed by atoms with E-state index in [9.17, 15) is 13.9 Å². The van der Waals surface area contributed by atoms with Crippen molar-refractivity contribution in [2.24, 2.45) is 0 Å². The maximum absolute atomic E-state index is 14.1. The number of ether oxygens (including phenoxy) is 1. The van der Waals surface area contributed by atoms with Gasteiger partial charge in [-0.3, -0.25) is 5.01 Å². The lowest BCUT2D eigenvalue weighted by Gasteiger charge is -2.22. The number of benzene rings is 1. The molecular formula is C18H15F2N5O2. The van der Waals surface area contributed by atoms with Gasteiger partial charge in [-0.15, -0.1) is 0 Å². The van der Waals surface area contributed by atoms with Crippen LogP contribution in [0.2, 0.25) is 0 Å². The van der Waals surface area contributed by atoms with Crippen molar-refractivity contribution >= 4 is 23.0 Å². The summed E-state index contributed by atoms with van der Waals surface area (Å²) in [4.78, 5) is 8.15. The van der Waals surface area contributed by atoms with Gasteiger partial charge in [-0.1, -0.05) is 6.07 Å². The fourth-order valence-corrected chi connectivity index (χ4v) is 2.85. The molecule has 1 aliphatic rings. The van der Waals surface area contributed by atoms with E-state index in [1.165, 1.54) is 36.5 Å². The number of nitrogens with one attached hydrogen (secondary N) is 2. The number of fused-ring (bicyclic) bond motifs is 1. The van der Waals surface area contributed by atoms with Crippen molar-refractivity contribution in [1.29, 1.82) is 0 Å². The van der Waals surface area contributed by atoms with Crippen molar-refractivity contribution in [2.45, 2.75) is 6.23 Å². The second-order valence-electron chi connectivity index (χ2n) is 5.77. The smallest absolute Gasteiger partial charge is 0.179 e. The SMILES string of the molecule is COc1c(F)cccc1N1NC(O)c2cnc(Nc3ccc(F)cn3)cc21. The summed E-state index contributed by atoms with van der Waals surface area (Å²) in [7, 11) is 1.37. The molecule has 7 nitrogen and oxygen atoms in total. The van der Waals surface area contributed by atoms with Gasteiger partial charge in [0.05, 0.1) is 19.0 Å². The molecule has 1 unspecified atom stereocenters. The summed E-state index contributed by atoms with van der Waals surface area (Å²) in [6, 6.07) is 8.90. The average molecular weight is 371 g/mol. The van der Waals surface area contributed by atoms with Crippen LogP contribution in [0.5, 0.6) is 5.75 Å². The van der Waals surface area contributed by atoms with E-state index >= 15 is 0 Å². The molecule has 1 atom stereocenters. The molecule has 0 radical (unpaired) electrons. The quantitative estimate of drug-likeness (QED) is 0.650. The molecule has 4 rings (SSSR count). The molecule has 0 saturated heterocycles. The molecule has 2 aromatic heterocycles. The summed E-state index contributed by atoms with van der Waals surface area (Å²) in [5.41, 5.74) is 4.32. The third-order valence-corrected chi connectivity index (χ3v) is 4.07. The van der Waals surface area contributed by atoms with Crippen LogP contribution in [0, 0.1) is 11.6 Å². The van der Waals surface area contributed by atoms with Gasteiger partial charge < -0.3 is 15.2 Å². The van der Waals surface area contributed by atoms with Gasteiger partial charge >= 0.3 is 0 Å². The van der Waals surface area contributed by atoms with Crippen LogP contribution in [0.1, 0.15) is 11.8 Å². The molecule has 27 heavy (non-hydrogen) atoms. The Balaban J connectivity index is 1.72. The average Bonchev–Trinajstić information content (AvgIpc) is 2.99. The molecule has 0 fully saturated rings. The van der Waals surface area contributed by atoms with Crippen LogP contribution in [0.15, 0.2) is 48.8 Å². The number of para-hydroxylation sites is 1. The van der Waals surface area contributed by atoms with E-state index in [0.29, 0.717) is 28.6 Å². The van der Waals surface area contributed by atoms with Crippen molar-refractivity contribution < 1.29 is 18.6 Å². The molecule has 9 heteroatoms. The van der Waals surface area contributed by atoms with E-state index in [1.54, 1.807) is 18.2 Å². The van der Waals surface area contributed by atoms with E-state index in [-0.39, 0.29) is 5.75 Å². The Morgan fingerprint density at radius 2 is 1.93 bits per heavy atom. The zero-order valence-electron chi connectivity index (χ0n) is 14.1. The predicted octanol–water partition coefficient (Wildman–Crippen LogP) is 3.15. The van der Waals surface area contributed by atoms with Gasteiger partial charge in [-0.25, -0.2) is 18.7 Å². The number of hydrogen-bond acceptors (Lipinski definition) is 7. The molecule has 0 saturated carbocycles. The van der Waals surface area contributed by atoms with E-state index < -0.39 is 17.9 Å². The summed E-state index contributed by atoms with van der Waals surface area (Å²) in [5, 5.41) is 14.7. The number of hydrogen-bond donors (Lipinski definition) is 3. The number of halogens is 2. The number of anilines is 4. The van der Waals surface area contributed by atoms with Crippen molar-refractivity contribution in [3.63, 3.8) is 0 Å². The van der Waals surface area contributed by atoms with Crippen LogP contribution in [-0.2, 0) is 0 Å². The number of pyridine rings is 2. The number of aliphatic hydroxyl groups is 1. The van der Waals surface area contributed by atoms with Crippen molar-refractivity contribution in [1.82, 2.24) is 15.4 Å². The zero-order valence-corrected chi connectivity index (χ0v) is 14.1. The largest absolute Gasteiger partial charge is 0.492 e. The summed E-state index contributed by atoms with van der Waals surface area (Å²) < 4.78 is 32.2. The first-order chi connectivity index (χ1) is 13.1. The molecule has 3 N–H and O–H groups in total. The van der Waals surface area contributed by atoms with Crippen LogP contribution >= 0.6 is 0 Å². The van der Waals surface area contributed by atoms with Gasteiger partial charge in [0.15, 0.2) is 17.8 Å². The highest BCUT2D eigenvalue weighted by Gasteiger charge is 2.31. The maximum Gasteiger partial charge on any atom is 0.179 e. The van der Waals surface area contributed by atoms with E-state index in [2.05, 4.69) is 20.7 Å². The van der Waals surface area contributed by atoms with Crippen molar-refractivity contribution in [3.05, 3.63) is 66.0 Å². The van der Waals surface area contributed by atoms with Crippen molar-refractivity contribution in [2.75, 3.05) is 17.4 Å². The minimum absolute atomic E-state index is 0.0385. The molecule has 1 aromatic carbocycles. The molecule has 3 aromatic rings. The highest BCUT2D eigenvalue weighted by atomic mass is 19.1. The summed E-state index contributed by atoms with van der Waals surface area (Å²) in [6.45, 7) is 0. The monoisotopic (exact) mass is 371 g/mol. The van der Waals surface area contributed by atoms with Gasteiger partial charge in [0.25, 0.3) is 0 Å². The van der Waals surface area contributed by atoms with E-state index in [4.69, 9.17) is 4.74 Å². The summed E-state index contributed by atoms with van der Waals surface area (Å²) in [6.07, 6.45) is 1.56. The summed E-state index contributed by atoms with van der Waals surface area (Å²) >= 11 is 0. The first kappa shape index (κ1) is 17.1. The van der Waals surface area contributed by atoms with Crippen LogP contribution < -0.4 is 20.5 Å². The van der Waals surface area contributed by atoms with E-state index in [0.717, 1.165) is 6.20 Å². The molecule has 0 amide bonds. The second kappa shape index (κ2) is 6.78. The molecular weight excluding hydrogens is 356 g/mol. The first-order valence-corrected chi connectivity index (χ1v) is 8.02. The maximum atomic E-state index is 14.1. The number of aliphatic hydroxyl groups excluding tert-OH is 1. The molecule has 0 spiro atoms. The number of nitrogens with zero attached hydrogens (tertiary/aromatic N) is 3. The Labute approximate surface area is 153 Å². The van der Waals surface area contributed by atoms with Gasteiger partial charge in [0.2, 0.25) is 0 Å². The molecule has 0 aliphatic carbocycles. The minimum Gasteiger partial charge on any atom is -0.492 e. The van der Waals surface area contributed by atoms with Crippen LogP contribution in [-0.4, -0.2) is 22.2 Å². The summed E-state index contributed by atoms with van der Waals surface area (Å²) in [5.74, 6) is -0.104. The van der Waals surface area contributed by atoms with Gasteiger partial charge in [0, 0.05) is 17.8 Å². The normalized spacial score (nSPS) is 15.6. The Morgan fingerprint density at radius 1 is 1.11 bits per heavy atom. The van der Waals surface area contributed by atoms with Crippen LogP contribution in [0.3, 0.4) is 0 Å². The number of rotatable bonds is 4. The lowest BCUT2D eigenvalue weighted by molar-refractivity contribution is 0.152. The van der Waals surface area contributed by atoms with E-state index in [1.807, 2.05) is 0 Å². The minimum atomic E-state index is -1.02. The lowest BCUT2D eigenvalue weighted by atomic mass is 10.2.